The summed E-state index contributed by atoms with van der Waals surface area (Å²) in [4.78, 5) is 35.8. The zero-order valence-electron chi connectivity index (χ0n) is 12.3. The highest BCUT2D eigenvalue weighted by Crippen LogP contribution is 2.15. The zero-order valence-corrected chi connectivity index (χ0v) is 12.3. The van der Waals surface area contributed by atoms with E-state index in [2.05, 4.69) is 5.32 Å². The molecule has 0 aromatic heterocycles. The fourth-order valence-corrected chi connectivity index (χ4v) is 1.74. The molecular formula is C15H20N2O4. The number of likely N-dealkylation sites (N-methyl/N-ethyl adjacent to an activating group) is 2. The number of benzene rings is 1. The quantitative estimate of drug-likeness (QED) is 0.721. The molecule has 0 saturated heterocycles. The van der Waals surface area contributed by atoms with Gasteiger partial charge in [0.25, 0.3) is 5.91 Å². The highest BCUT2D eigenvalue weighted by Gasteiger charge is 2.16. The molecule has 0 aliphatic heterocycles. The molecule has 0 unspecified atom stereocenters. The van der Waals surface area contributed by atoms with Crippen LogP contribution in [-0.4, -0.2) is 49.2 Å². The molecule has 21 heavy (non-hydrogen) atoms. The van der Waals surface area contributed by atoms with Crippen LogP contribution in [0.1, 0.15) is 24.2 Å². The molecule has 0 spiro atoms. The van der Waals surface area contributed by atoms with Crippen LogP contribution in [0.5, 0.6) is 5.75 Å². The average Bonchev–Trinajstić information content (AvgIpc) is 2.50. The summed E-state index contributed by atoms with van der Waals surface area (Å²) in [5, 5.41) is 2.64. The number of nitrogens with zero attached hydrogens (tertiary/aromatic N) is 1. The van der Waals surface area contributed by atoms with Gasteiger partial charge >= 0.3 is 0 Å². The highest BCUT2D eigenvalue weighted by atomic mass is 16.5. The predicted octanol–water partition coefficient (Wildman–Crippen LogP) is 0.862. The number of carbonyl (C=O) groups excluding carboxylic acids is 3. The van der Waals surface area contributed by atoms with Crippen molar-refractivity contribution < 1.29 is 19.1 Å². The van der Waals surface area contributed by atoms with Crippen molar-refractivity contribution in [3.63, 3.8) is 0 Å². The molecule has 0 aliphatic carbocycles. The van der Waals surface area contributed by atoms with Crippen LogP contribution in [0.2, 0.25) is 0 Å². The number of nitrogens with one attached hydrogen (secondary N) is 1. The summed E-state index contributed by atoms with van der Waals surface area (Å²) in [6, 6.07) is 6.67. The van der Waals surface area contributed by atoms with Gasteiger partial charge in [0, 0.05) is 13.1 Å². The van der Waals surface area contributed by atoms with Crippen molar-refractivity contribution in [3.8, 4) is 5.75 Å². The Morgan fingerprint density at radius 3 is 2.62 bits per heavy atom. The van der Waals surface area contributed by atoms with Crippen LogP contribution in [-0.2, 0) is 9.59 Å². The largest absolute Gasteiger partial charge is 0.483 e. The molecular weight excluding hydrogens is 272 g/mol. The third-order valence-electron chi connectivity index (χ3n) is 2.84. The van der Waals surface area contributed by atoms with Gasteiger partial charge < -0.3 is 15.0 Å². The van der Waals surface area contributed by atoms with Gasteiger partial charge in [-0.2, -0.15) is 0 Å². The second kappa shape index (κ2) is 8.73. The van der Waals surface area contributed by atoms with Crippen LogP contribution in [0.4, 0.5) is 0 Å². The van der Waals surface area contributed by atoms with Gasteiger partial charge in [-0.25, -0.2) is 0 Å². The standard InChI is InChI=1S/C15H20N2O4/c1-3-16-14(19)9-17(4-2)15(20)11-21-13-8-6-5-7-12(13)10-18/h5-8,10H,3-4,9,11H2,1-2H3,(H,16,19). The Bertz CT molecular complexity index is 502. The van der Waals surface area contributed by atoms with Crippen LogP contribution in [0.25, 0.3) is 0 Å². The summed E-state index contributed by atoms with van der Waals surface area (Å²) in [5.41, 5.74) is 0.386. The fourth-order valence-electron chi connectivity index (χ4n) is 1.74. The monoisotopic (exact) mass is 292 g/mol. The Kier molecular flexibility index (Phi) is 6.94. The minimum atomic E-state index is -0.301. The van der Waals surface area contributed by atoms with E-state index in [1.54, 1.807) is 31.2 Å². The van der Waals surface area contributed by atoms with E-state index in [1.165, 1.54) is 4.90 Å². The maximum atomic E-state index is 12.0. The molecule has 0 atom stereocenters. The molecule has 0 saturated carbocycles. The van der Waals surface area contributed by atoms with Gasteiger partial charge in [-0.05, 0) is 26.0 Å². The van der Waals surface area contributed by atoms with Crippen molar-refractivity contribution in [3.05, 3.63) is 29.8 Å². The first kappa shape index (κ1) is 16.7. The number of amides is 2. The second-order valence-corrected chi connectivity index (χ2v) is 4.31. The summed E-state index contributed by atoms with van der Waals surface area (Å²) in [7, 11) is 0. The molecule has 0 bridgehead atoms. The lowest BCUT2D eigenvalue weighted by Crippen LogP contribution is -2.42. The normalized spacial score (nSPS) is 9.81. The van der Waals surface area contributed by atoms with E-state index in [1.807, 2.05) is 6.92 Å². The third kappa shape index (κ3) is 5.25. The number of ether oxygens (including phenoxy) is 1. The Morgan fingerprint density at radius 1 is 1.29 bits per heavy atom. The van der Waals surface area contributed by atoms with E-state index in [9.17, 15) is 14.4 Å². The molecule has 6 nitrogen and oxygen atoms in total. The van der Waals surface area contributed by atoms with Gasteiger partial charge in [0.15, 0.2) is 12.9 Å². The van der Waals surface area contributed by atoms with Crippen LogP contribution in [0, 0.1) is 0 Å². The maximum absolute atomic E-state index is 12.0. The second-order valence-electron chi connectivity index (χ2n) is 4.31. The van der Waals surface area contributed by atoms with Crippen LogP contribution in [0.3, 0.4) is 0 Å². The first-order valence-corrected chi connectivity index (χ1v) is 6.83. The van der Waals surface area contributed by atoms with Gasteiger partial charge in [0.05, 0.1) is 12.1 Å². The molecule has 1 aromatic carbocycles. The number of aldehydes is 1. The summed E-state index contributed by atoms with van der Waals surface area (Å²) < 4.78 is 5.36. The Balaban J connectivity index is 2.58. The van der Waals surface area contributed by atoms with Crippen molar-refractivity contribution in [2.45, 2.75) is 13.8 Å². The molecule has 114 valence electrons. The molecule has 2 amide bonds. The van der Waals surface area contributed by atoms with E-state index in [0.29, 0.717) is 30.7 Å². The molecule has 1 rings (SSSR count). The minimum absolute atomic E-state index is 0.00185. The van der Waals surface area contributed by atoms with Crippen molar-refractivity contribution in [1.82, 2.24) is 10.2 Å². The molecule has 0 fully saturated rings. The van der Waals surface area contributed by atoms with E-state index in [4.69, 9.17) is 4.74 Å². The fraction of sp³-hybridized carbons (Fsp3) is 0.400. The molecule has 0 heterocycles. The smallest absolute Gasteiger partial charge is 0.260 e. The topological polar surface area (TPSA) is 75.7 Å². The van der Waals surface area contributed by atoms with Crippen LogP contribution < -0.4 is 10.1 Å². The number of hydrogen-bond donors (Lipinski definition) is 1. The SMILES string of the molecule is CCNC(=O)CN(CC)C(=O)COc1ccccc1C=O. The third-order valence-corrected chi connectivity index (χ3v) is 2.84. The number of hydrogen-bond acceptors (Lipinski definition) is 4. The van der Waals surface area contributed by atoms with Crippen molar-refractivity contribution in [2.75, 3.05) is 26.2 Å². The summed E-state index contributed by atoms with van der Waals surface area (Å²) in [6.07, 6.45) is 0.673. The summed E-state index contributed by atoms with van der Waals surface area (Å²) >= 11 is 0. The van der Waals surface area contributed by atoms with E-state index in [0.717, 1.165) is 0 Å². The van der Waals surface area contributed by atoms with Gasteiger partial charge in [0.1, 0.15) is 5.75 Å². The van der Waals surface area contributed by atoms with Crippen LogP contribution >= 0.6 is 0 Å². The predicted molar refractivity (Wildman–Crippen MR) is 78.3 cm³/mol. The van der Waals surface area contributed by atoms with Crippen LogP contribution in [0.15, 0.2) is 24.3 Å². The first-order valence-electron chi connectivity index (χ1n) is 6.83. The lowest BCUT2D eigenvalue weighted by molar-refractivity contribution is -0.137. The molecule has 1 aromatic rings. The van der Waals surface area contributed by atoms with E-state index >= 15 is 0 Å². The molecule has 0 aliphatic rings. The Labute approximate surface area is 124 Å². The van der Waals surface area contributed by atoms with Gasteiger partial charge in [-0.15, -0.1) is 0 Å². The zero-order chi connectivity index (χ0) is 15.7. The van der Waals surface area contributed by atoms with Gasteiger partial charge in [-0.1, -0.05) is 12.1 Å². The van der Waals surface area contributed by atoms with Crippen molar-refractivity contribution >= 4 is 18.1 Å². The van der Waals surface area contributed by atoms with Gasteiger partial charge in [-0.3, -0.25) is 14.4 Å². The van der Waals surface area contributed by atoms with Crippen molar-refractivity contribution in [2.24, 2.45) is 0 Å². The highest BCUT2D eigenvalue weighted by molar-refractivity contribution is 5.85. The number of carbonyl (C=O) groups is 3. The lowest BCUT2D eigenvalue weighted by atomic mass is 10.2. The Hall–Kier alpha value is -2.37. The molecule has 1 N–H and O–H groups in total. The molecule has 0 radical (unpaired) electrons. The summed E-state index contributed by atoms with van der Waals surface area (Å²) in [6.45, 7) is 4.33. The maximum Gasteiger partial charge on any atom is 0.260 e. The first-order chi connectivity index (χ1) is 10.1. The summed E-state index contributed by atoms with van der Waals surface area (Å²) in [5.74, 6) is -0.152. The van der Waals surface area contributed by atoms with Crippen molar-refractivity contribution in [1.29, 1.82) is 0 Å². The number of rotatable bonds is 8. The Morgan fingerprint density at radius 2 is 2.00 bits per heavy atom. The number of para-hydroxylation sites is 1. The van der Waals surface area contributed by atoms with E-state index in [-0.39, 0.29) is 25.0 Å². The lowest BCUT2D eigenvalue weighted by Gasteiger charge is -2.20. The molecule has 6 heteroatoms. The minimum Gasteiger partial charge on any atom is -0.483 e. The van der Waals surface area contributed by atoms with E-state index < -0.39 is 0 Å². The average molecular weight is 292 g/mol. The van der Waals surface area contributed by atoms with Gasteiger partial charge in [0.2, 0.25) is 5.91 Å².